The molecule has 112 valence electrons. The van der Waals surface area contributed by atoms with Gasteiger partial charge in [0.15, 0.2) is 4.96 Å². The van der Waals surface area contributed by atoms with Crippen LogP contribution in [0.15, 0.2) is 17.6 Å². The Hall–Kier alpha value is -1.44. The van der Waals surface area contributed by atoms with Gasteiger partial charge in [0.1, 0.15) is 4.83 Å². The topological polar surface area (TPSA) is 57.8 Å². The van der Waals surface area contributed by atoms with Gasteiger partial charge in [-0.3, -0.25) is 9.20 Å². The predicted molar refractivity (Wildman–Crippen MR) is 86.3 cm³/mol. The molecule has 0 spiro atoms. The highest BCUT2D eigenvalue weighted by atomic mass is 32.1. The molecule has 5 nitrogen and oxygen atoms in total. The monoisotopic (exact) mass is 323 g/mol. The first-order chi connectivity index (χ1) is 10.2. The standard InChI is InChI=1S/C14H17N3O2S2/c1-16(5-3-2-4-7-18)13(19)11-9-10-12(21-11)15-14-17(10)6-8-20-14/h6,8-9,18H,2-5,7H2,1H3. The molecule has 3 heterocycles. The largest absolute Gasteiger partial charge is 0.396 e. The fraction of sp³-hybridized carbons (Fsp3) is 0.429. The number of rotatable bonds is 6. The molecule has 0 aromatic carbocycles. The van der Waals surface area contributed by atoms with Crippen molar-refractivity contribution in [3.63, 3.8) is 0 Å². The van der Waals surface area contributed by atoms with Crippen molar-refractivity contribution < 1.29 is 9.90 Å². The van der Waals surface area contributed by atoms with Crippen LogP contribution >= 0.6 is 22.7 Å². The Morgan fingerprint density at radius 3 is 3.10 bits per heavy atom. The van der Waals surface area contributed by atoms with Gasteiger partial charge >= 0.3 is 0 Å². The van der Waals surface area contributed by atoms with Gasteiger partial charge < -0.3 is 10.0 Å². The maximum atomic E-state index is 12.4. The van der Waals surface area contributed by atoms with E-state index >= 15 is 0 Å². The molecule has 0 saturated heterocycles. The Morgan fingerprint density at radius 2 is 2.29 bits per heavy atom. The van der Waals surface area contributed by atoms with E-state index in [4.69, 9.17) is 5.11 Å². The summed E-state index contributed by atoms with van der Waals surface area (Å²) in [6, 6.07) is 1.93. The van der Waals surface area contributed by atoms with E-state index in [2.05, 4.69) is 4.98 Å². The van der Waals surface area contributed by atoms with Crippen LogP contribution in [0.25, 0.3) is 15.3 Å². The van der Waals surface area contributed by atoms with Crippen molar-refractivity contribution in [2.45, 2.75) is 19.3 Å². The van der Waals surface area contributed by atoms with E-state index in [0.717, 1.165) is 46.0 Å². The van der Waals surface area contributed by atoms with Crippen molar-refractivity contribution in [3.05, 3.63) is 22.5 Å². The minimum absolute atomic E-state index is 0.0472. The van der Waals surface area contributed by atoms with Crippen molar-refractivity contribution in [2.24, 2.45) is 0 Å². The molecule has 0 aliphatic rings. The van der Waals surface area contributed by atoms with Crippen LogP contribution in [0, 0.1) is 0 Å². The average Bonchev–Trinajstić information content (AvgIpc) is 3.13. The molecule has 0 aliphatic carbocycles. The third-order valence-corrected chi connectivity index (χ3v) is 5.21. The molecule has 3 rings (SSSR count). The average molecular weight is 323 g/mol. The number of carbonyl (C=O) groups is 1. The molecule has 3 aromatic rings. The number of carbonyl (C=O) groups excluding carboxylic acids is 1. The predicted octanol–water partition coefficient (Wildman–Crippen LogP) is 2.85. The van der Waals surface area contributed by atoms with Gasteiger partial charge in [-0.25, -0.2) is 4.98 Å². The number of hydrogen-bond donors (Lipinski definition) is 1. The van der Waals surface area contributed by atoms with Crippen LogP contribution in [-0.2, 0) is 0 Å². The SMILES string of the molecule is CN(CCCCCO)C(=O)c1cc2c(nc3sccn32)s1. The molecular formula is C14H17N3O2S2. The molecule has 0 bridgehead atoms. The Bertz CT molecular complexity index is 759. The lowest BCUT2D eigenvalue weighted by Crippen LogP contribution is -2.27. The van der Waals surface area contributed by atoms with Crippen LogP contribution in [0.4, 0.5) is 0 Å². The number of thiophene rings is 1. The van der Waals surface area contributed by atoms with E-state index in [0.29, 0.717) is 0 Å². The van der Waals surface area contributed by atoms with Gasteiger partial charge in [-0.1, -0.05) is 0 Å². The first-order valence-corrected chi connectivity index (χ1v) is 8.61. The number of unbranched alkanes of at least 4 members (excludes halogenated alkanes) is 2. The van der Waals surface area contributed by atoms with Crippen molar-refractivity contribution in [2.75, 3.05) is 20.2 Å². The number of nitrogens with zero attached hydrogens (tertiary/aromatic N) is 3. The summed E-state index contributed by atoms with van der Waals surface area (Å²) in [5, 5.41) is 10.8. The maximum Gasteiger partial charge on any atom is 0.263 e. The molecule has 0 aliphatic heterocycles. The Balaban J connectivity index is 1.73. The van der Waals surface area contributed by atoms with Crippen LogP contribution in [-0.4, -0.2) is 45.5 Å². The molecule has 0 radical (unpaired) electrons. The molecule has 0 fully saturated rings. The van der Waals surface area contributed by atoms with E-state index in [1.165, 1.54) is 11.3 Å². The normalized spacial score (nSPS) is 11.5. The Kier molecular flexibility index (Phi) is 4.23. The summed E-state index contributed by atoms with van der Waals surface area (Å²) >= 11 is 3.05. The quantitative estimate of drug-likeness (QED) is 0.710. The third kappa shape index (κ3) is 2.81. The smallest absolute Gasteiger partial charge is 0.263 e. The molecule has 3 aromatic heterocycles. The lowest BCUT2D eigenvalue weighted by Gasteiger charge is -2.15. The van der Waals surface area contributed by atoms with E-state index in [1.807, 2.05) is 29.1 Å². The summed E-state index contributed by atoms with van der Waals surface area (Å²) in [6.45, 7) is 0.937. The summed E-state index contributed by atoms with van der Waals surface area (Å²) in [7, 11) is 1.83. The van der Waals surface area contributed by atoms with Crippen LogP contribution in [0.3, 0.4) is 0 Å². The second kappa shape index (κ2) is 6.13. The Morgan fingerprint density at radius 1 is 1.43 bits per heavy atom. The second-order valence-electron chi connectivity index (χ2n) is 4.98. The number of aromatic nitrogens is 2. The van der Waals surface area contributed by atoms with E-state index in [-0.39, 0.29) is 12.5 Å². The zero-order valence-corrected chi connectivity index (χ0v) is 13.4. The van der Waals surface area contributed by atoms with Gasteiger partial charge in [0.05, 0.1) is 10.4 Å². The summed E-state index contributed by atoms with van der Waals surface area (Å²) in [4.78, 5) is 21.3. The summed E-state index contributed by atoms with van der Waals surface area (Å²) in [5.41, 5.74) is 1.01. The molecular weight excluding hydrogens is 306 g/mol. The number of imidazole rings is 1. The van der Waals surface area contributed by atoms with Crippen molar-refractivity contribution >= 4 is 43.9 Å². The fourth-order valence-electron chi connectivity index (χ4n) is 2.28. The van der Waals surface area contributed by atoms with Crippen LogP contribution in [0.2, 0.25) is 0 Å². The number of aliphatic hydroxyl groups is 1. The number of amides is 1. The first kappa shape index (κ1) is 14.5. The van der Waals surface area contributed by atoms with E-state index in [1.54, 1.807) is 16.2 Å². The number of thiazole rings is 1. The zero-order valence-electron chi connectivity index (χ0n) is 11.8. The molecule has 0 unspecified atom stereocenters. The lowest BCUT2D eigenvalue weighted by molar-refractivity contribution is 0.0797. The van der Waals surface area contributed by atoms with Gasteiger partial charge in [-0.2, -0.15) is 0 Å². The highest BCUT2D eigenvalue weighted by Gasteiger charge is 2.17. The lowest BCUT2D eigenvalue weighted by atomic mass is 10.2. The van der Waals surface area contributed by atoms with Crippen LogP contribution < -0.4 is 0 Å². The summed E-state index contributed by atoms with van der Waals surface area (Å²) in [6.07, 6.45) is 4.64. The van der Waals surface area contributed by atoms with E-state index in [9.17, 15) is 4.79 Å². The minimum atomic E-state index is 0.0472. The number of hydrogen-bond acceptors (Lipinski definition) is 5. The highest BCUT2D eigenvalue weighted by Crippen LogP contribution is 2.28. The minimum Gasteiger partial charge on any atom is -0.396 e. The zero-order chi connectivity index (χ0) is 14.8. The first-order valence-electron chi connectivity index (χ1n) is 6.92. The third-order valence-electron chi connectivity index (χ3n) is 3.45. The molecule has 0 atom stereocenters. The maximum absolute atomic E-state index is 12.4. The van der Waals surface area contributed by atoms with Crippen molar-refractivity contribution in [1.82, 2.24) is 14.3 Å². The summed E-state index contributed by atoms with van der Waals surface area (Å²) < 4.78 is 2.02. The highest BCUT2D eigenvalue weighted by molar-refractivity contribution is 7.21. The number of fused-ring (bicyclic) bond motifs is 3. The van der Waals surface area contributed by atoms with E-state index < -0.39 is 0 Å². The van der Waals surface area contributed by atoms with Gasteiger partial charge in [0.2, 0.25) is 0 Å². The molecule has 7 heteroatoms. The second-order valence-corrected chi connectivity index (χ2v) is 6.88. The van der Waals surface area contributed by atoms with Crippen molar-refractivity contribution in [3.8, 4) is 0 Å². The van der Waals surface area contributed by atoms with Crippen LogP contribution in [0.1, 0.15) is 28.9 Å². The Labute approximate surface area is 130 Å². The van der Waals surface area contributed by atoms with Crippen molar-refractivity contribution in [1.29, 1.82) is 0 Å². The van der Waals surface area contributed by atoms with Gasteiger partial charge in [0, 0.05) is 31.8 Å². The molecule has 21 heavy (non-hydrogen) atoms. The van der Waals surface area contributed by atoms with Gasteiger partial charge in [-0.05, 0) is 25.3 Å². The molecule has 1 amide bonds. The van der Waals surface area contributed by atoms with Gasteiger partial charge in [-0.15, -0.1) is 22.7 Å². The van der Waals surface area contributed by atoms with Gasteiger partial charge in [0.25, 0.3) is 5.91 Å². The molecule has 1 N–H and O–H groups in total. The number of aliphatic hydroxyl groups excluding tert-OH is 1. The van der Waals surface area contributed by atoms with Crippen LogP contribution in [0.5, 0.6) is 0 Å². The fourth-order valence-corrected chi connectivity index (χ4v) is 4.08. The summed E-state index contributed by atoms with van der Waals surface area (Å²) in [5.74, 6) is 0.0472. The molecule has 0 saturated carbocycles.